The lowest BCUT2D eigenvalue weighted by Gasteiger charge is -2.21. The number of rotatable bonds is 6. The first-order chi connectivity index (χ1) is 12.7. The van der Waals surface area contributed by atoms with Crippen molar-refractivity contribution in [3.8, 4) is 11.8 Å². The van der Waals surface area contributed by atoms with Gasteiger partial charge in [0, 0.05) is 19.6 Å². The Morgan fingerprint density at radius 1 is 1.44 bits per heavy atom. The third-order valence-corrected chi connectivity index (χ3v) is 4.50. The molecule has 1 fully saturated rings. The second-order valence-electron chi connectivity index (χ2n) is 7.77. The molecular weight excluding hydrogens is 366 g/mol. The fraction of sp³-hybridized carbons (Fsp3) is 0.600. The van der Waals surface area contributed by atoms with Crippen LogP contribution in [0, 0.1) is 17.2 Å². The number of benzene rings is 1. The number of hydrogen-bond acceptors (Lipinski definition) is 5. The number of nitrogens with zero attached hydrogens (tertiary/aromatic N) is 2. The van der Waals surface area contributed by atoms with Gasteiger partial charge in [-0.25, -0.2) is 4.79 Å². The van der Waals surface area contributed by atoms with Crippen LogP contribution >= 0.6 is 11.6 Å². The summed E-state index contributed by atoms with van der Waals surface area (Å²) in [5, 5.41) is 12.7. The van der Waals surface area contributed by atoms with Crippen molar-refractivity contribution in [1.82, 2.24) is 10.2 Å². The summed E-state index contributed by atoms with van der Waals surface area (Å²) in [4.78, 5) is 14.1. The van der Waals surface area contributed by atoms with E-state index in [1.807, 2.05) is 39.8 Å². The molecule has 1 aliphatic heterocycles. The van der Waals surface area contributed by atoms with Crippen LogP contribution in [0.25, 0.3) is 0 Å². The smallest absolute Gasteiger partial charge is 0.407 e. The summed E-state index contributed by atoms with van der Waals surface area (Å²) in [5.74, 6) is 0.831. The first-order valence-corrected chi connectivity index (χ1v) is 9.64. The number of carbonyl (C=O) groups excluding carboxylic acids is 1. The van der Waals surface area contributed by atoms with Crippen molar-refractivity contribution in [2.75, 3.05) is 26.2 Å². The maximum atomic E-state index is 11.8. The zero-order valence-corrected chi connectivity index (χ0v) is 17.2. The Morgan fingerprint density at radius 3 is 2.81 bits per heavy atom. The van der Waals surface area contributed by atoms with Crippen LogP contribution in [0.4, 0.5) is 4.79 Å². The zero-order valence-electron chi connectivity index (χ0n) is 16.5. The van der Waals surface area contributed by atoms with Crippen LogP contribution in [0.3, 0.4) is 0 Å². The maximum absolute atomic E-state index is 11.8. The lowest BCUT2D eigenvalue weighted by atomic mass is 10.1. The van der Waals surface area contributed by atoms with Crippen LogP contribution in [0.1, 0.15) is 45.2 Å². The largest absolute Gasteiger partial charge is 0.491 e. The van der Waals surface area contributed by atoms with Crippen molar-refractivity contribution in [1.29, 1.82) is 5.26 Å². The summed E-state index contributed by atoms with van der Waals surface area (Å²) in [5.41, 5.74) is 0.958. The van der Waals surface area contributed by atoms with Crippen molar-refractivity contribution < 1.29 is 14.3 Å². The minimum Gasteiger partial charge on any atom is -0.491 e. The molecule has 27 heavy (non-hydrogen) atoms. The van der Waals surface area contributed by atoms with E-state index >= 15 is 0 Å². The fourth-order valence-corrected chi connectivity index (χ4v) is 3.43. The Morgan fingerprint density at radius 2 is 2.19 bits per heavy atom. The quantitative estimate of drug-likeness (QED) is 0.791. The van der Waals surface area contributed by atoms with Gasteiger partial charge >= 0.3 is 6.09 Å². The van der Waals surface area contributed by atoms with Crippen LogP contribution in [0.2, 0.25) is 5.02 Å². The second kappa shape index (κ2) is 9.29. The molecular formula is C20H28ClN3O3. The summed E-state index contributed by atoms with van der Waals surface area (Å²) in [7, 11) is 0. The van der Waals surface area contributed by atoms with E-state index in [0.29, 0.717) is 41.9 Å². The third-order valence-electron chi connectivity index (χ3n) is 4.22. The number of halogens is 1. The van der Waals surface area contributed by atoms with Gasteiger partial charge in [-0.2, -0.15) is 5.26 Å². The molecule has 0 aliphatic carbocycles. The monoisotopic (exact) mass is 393 g/mol. The summed E-state index contributed by atoms with van der Waals surface area (Å²) in [6.45, 7) is 11.0. The summed E-state index contributed by atoms with van der Waals surface area (Å²) >= 11 is 6.29. The van der Waals surface area contributed by atoms with Crippen LogP contribution in [-0.4, -0.2) is 42.8 Å². The van der Waals surface area contributed by atoms with Crippen molar-refractivity contribution in [3.63, 3.8) is 0 Å². The van der Waals surface area contributed by atoms with E-state index in [1.54, 1.807) is 0 Å². The minimum absolute atomic E-state index is 0.377. The molecule has 0 unspecified atom stereocenters. The van der Waals surface area contributed by atoms with Gasteiger partial charge in [-0.05, 0) is 64.3 Å². The van der Waals surface area contributed by atoms with Gasteiger partial charge in [0.2, 0.25) is 0 Å². The lowest BCUT2D eigenvalue weighted by Crippen LogP contribution is -2.35. The van der Waals surface area contributed by atoms with E-state index < -0.39 is 5.60 Å². The molecule has 0 radical (unpaired) electrons. The van der Waals surface area contributed by atoms with Gasteiger partial charge in [0.05, 0.1) is 17.2 Å². The molecule has 1 atom stereocenters. The highest BCUT2D eigenvalue weighted by molar-refractivity contribution is 6.32. The molecule has 0 saturated carbocycles. The van der Waals surface area contributed by atoms with E-state index in [2.05, 4.69) is 16.3 Å². The Balaban J connectivity index is 1.88. The van der Waals surface area contributed by atoms with Crippen molar-refractivity contribution in [2.24, 2.45) is 5.92 Å². The molecule has 1 N–H and O–H groups in total. The van der Waals surface area contributed by atoms with E-state index in [9.17, 15) is 10.1 Å². The Kier molecular flexibility index (Phi) is 7.34. The maximum Gasteiger partial charge on any atom is 0.407 e. The number of amides is 1. The number of alkyl carbamates (subject to hydrolysis) is 1. The van der Waals surface area contributed by atoms with E-state index in [0.717, 1.165) is 25.1 Å². The highest BCUT2D eigenvalue weighted by Crippen LogP contribution is 2.31. The van der Waals surface area contributed by atoms with Gasteiger partial charge in [0.15, 0.2) is 5.75 Å². The number of nitrogens with one attached hydrogen (secondary N) is 1. The number of likely N-dealkylation sites (tertiary alicyclic amines) is 1. The summed E-state index contributed by atoms with van der Waals surface area (Å²) in [6.07, 6.45) is 0.629. The molecule has 6 nitrogen and oxygen atoms in total. The summed E-state index contributed by atoms with van der Waals surface area (Å²) in [6, 6.07) is 5.85. The van der Waals surface area contributed by atoms with Gasteiger partial charge in [-0.3, -0.25) is 4.90 Å². The zero-order chi connectivity index (χ0) is 20.0. The van der Waals surface area contributed by atoms with Gasteiger partial charge < -0.3 is 14.8 Å². The molecule has 1 saturated heterocycles. The lowest BCUT2D eigenvalue weighted by molar-refractivity contribution is 0.0519. The predicted molar refractivity (Wildman–Crippen MR) is 105 cm³/mol. The van der Waals surface area contributed by atoms with Crippen LogP contribution in [0.5, 0.6) is 5.75 Å². The van der Waals surface area contributed by atoms with Crippen molar-refractivity contribution in [3.05, 3.63) is 28.3 Å². The van der Waals surface area contributed by atoms with Crippen molar-refractivity contribution >= 4 is 17.7 Å². The third kappa shape index (κ3) is 6.60. The molecule has 0 spiro atoms. The highest BCUT2D eigenvalue weighted by Gasteiger charge is 2.24. The number of ether oxygens (including phenoxy) is 2. The van der Waals surface area contributed by atoms with Crippen LogP contribution in [0.15, 0.2) is 12.1 Å². The average molecular weight is 394 g/mol. The molecule has 2 rings (SSSR count). The first-order valence-electron chi connectivity index (χ1n) is 9.26. The number of carbonyl (C=O) groups is 1. The molecule has 1 aromatic carbocycles. The fourth-order valence-electron chi connectivity index (χ4n) is 3.14. The normalized spacial score (nSPS) is 17.4. The topological polar surface area (TPSA) is 74.6 Å². The van der Waals surface area contributed by atoms with Crippen LogP contribution < -0.4 is 10.1 Å². The van der Waals surface area contributed by atoms with E-state index in [4.69, 9.17) is 21.1 Å². The molecule has 0 bridgehead atoms. The van der Waals surface area contributed by atoms with E-state index in [-0.39, 0.29) is 6.09 Å². The van der Waals surface area contributed by atoms with E-state index in [1.165, 1.54) is 0 Å². The molecule has 1 aromatic rings. The predicted octanol–water partition coefficient (Wildman–Crippen LogP) is 3.96. The van der Waals surface area contributed by atoms with Gasteiger partial charge in [-0.15, -0.1) is 0 Å². The van der Waals surface area contributed by atoms with Gasteiger partial charge in [-0.1, -0.05) is 11.6 Å². The molecule has 1 aliphatic rings. The first kappa shape index (κ1) is 21.3. The Bertz CT molecular complexity index is 710. The minimum atomic E-state index is -0.489. The van der Waals surface area contributed by atoms with Gasteiger partial charge in [0.1, 0.15) is 11.7 Å². The Labute approximate surface area is 166 Å². The highest BCUT2D eigenvalue weighted by atomic mass is 35.5. The van der Waals surface area contributed by atoms with Crippen LogP contribution in [-0.2, 0) is 11.3 Å². The molecule has 7 heteroatoms. The van der Waals surface area contributed by atoms with Gasteiger partial charge in [0.25, 0.3) is 0 Å². The number of hydrogen-bond donors (Lipinski definition) is 1. The SMILES string of the molecule is CCOc1c(Cl)cc(CN2CC[C@H](CNC(=O)OC(C)(C)C)C2)cc1C#N. The molecule has 1 amide bonds. The summed E-state index contributed by atoms with van der Waals surface area (Å²) < 4.78 is 10.7. The number of nitriles is 1. The average Bonchev–Trinajstić information content (AvgIpc) is 3.01. The Hall–Kier alpha value is -1.97. The standard InChI is InChI=1S/C20H28ClN3O3/c1-5-26-18-16(10-22)8-15(9-17(18)21)13-24-7-6-14(12-24)11-23-19(25)27-20(2,3)4/h8-9,14H,5-7,11-13H2,1-4H3,(H,23,25)/t14-/m1/s1. The molecule has 148 valence electrons. The molecule has 1 heterocycles. The second-order valence-corrected chi connectivity index (χ2v) is 8.18. The van der Waals surface area contributed by atoms with Crippen molar-refractivity contribution in [2.45, 2.75) is 46.3 Å². The molecule has 0 aromatic heterocycles.